The minimum absolute atomic E-state index is 0.0802. The summed E-state index contributed by atoms with van der Waals surface area (Å²) in [4.78, 5) is 13.6. The van der Waals surface area contributed by atoms with E-state index in [1.54, 1.807) is 6.92 Å². The first-order chi connectivity index (χ1) is 6.16. The van der Waals surface area contributed by atoms with Gasteiger partial charge in [-0.15, -0.1) is 11.6 Å². The summed E-state index contributed by atoms with van der Waals surface area (Å²) in [7, 11) is 0. The molecular weight excluding hydrogens is 206 g/mol. The van der Waals surface area contributed by atoms with Crippen molar-refractivity contribution in [1.82, 2.24) is 4.90 Å². The maximum atomic E-state index is 11.6. The van der Waals surface area contributed by atoms with Gasteiger partial charge in [0.25, 0.3) is 0 Å². The normalized spacial score (nSPS) is 24.4. The number of carbonyl (C=O) groups is 1. The van der Waals surface area contributed by atoms with Crippen LogP contribution in [0, 0.1) is 0 Å². The molecule has 76 valence electrons. The summed E-state index contributed by atoms with van der Waals surface area (Å²) < 4.78 is 0. The van der Waals surface area contributed by atoms with Gasteiger partial charge in [0.1, 0.15) is 5.38 Å². The molecule has 2 nitrogen and oxygen atoms in total. The van der Waals surface area contributed by atoms with E-state index in [1.807, 2.05) is 23.6 Å². The SMILES string of the molecule is CCN(C(=O)[C@@H](C)Cl)[C@@H]1CCSC1. The third-order valence-corrected chi connectivity index (χ3v) is 3.64. The zero-order valence-electron chi connectivity index (χ0n) is 8.12. The molecule has 1 amide bonds. The molecule has 1 heterocycles. The van der Waals surface area contributed by atoms with Gasteiger partial charge in [-0.05, 0) is 26.0 Å². The molecule has 13 heavy (non-hydrogen) atoms. The van der Waals surface area contributed by atoms with Crippen LogP contribution in [0.15, 0.2) is 0 Å². The predicted molar refractivity (Wildman–Crippen MR) is 58.4 cm³/mol. The van der Waals surface area contributed by atoms with Crippen molar-refractivity contribution in [2.75, 3.05) is 18.1 Å². The zero-order chi connectivity index (χ0) is 9.84. The van der Waals surface area contributed by atoms with Crippen LogP contribution in [-0.4, -0.2) is 40.3 Å². The number of carbonyl (C=O) groups excluding carboxylic acids is 1. The van der Waals surface area contributed by atoms with Crippen molar-refractivity contribution in [3.8, 4) is 0 Å². The number of nitrogens with zero attached hydrogens (tertiary/aromatic N) is 1. The van der Waals surface area contributed by atoms with E-state index in [9.17, 15) is 4.79 Å². The van der Waals surface area contributed by atoms with Gasteiger partial charge in [0.2, 0.25) is 5.91 Å². The Morgan fingerprint density at radius 3 is 2.85 bits per heavy atom. The minimum Gasteiger partial charge on any atom is -0.338 e. The number of amides is 1. The fourth-order valence-corrected chi connectivity index (χ4v) is 2.94. The third kappa shape index (κ3) is 2.78. The summed E-state index contributed by atoms with van der Waals surface area (Å²) in [6, 6.07) is 0.420. The lowest BCUT2D eigenvalue weighted by Gasteiger charge is -2.28. The Kier molecular flexibility index (Phi) is 4.39. The molecule has 0 N–H and O–H groups in total. The molecule has 2 atom stereocenters. The molecule has 0 spiro atoms. The van der Waals surface area contributed by atoms with Crippen LogP contribution in [0.2, 0.25) is 0 Å². The van der Waals surface area contributed by atoms with Gasteiger partial charge >= 0.3 is 0 Å². The maximum Gasteiger partial charge on any atom is 0.240 e. The molecule has 1 aliphatic rings. The number of thioether (sulfide) groups is 1. The molecule has 0 aliphatic carbocycles. The largest absolute Gasteiger partial charge is 0.338 e. The van der Waals surface area contributed by atoms with Crippen LogP contribution in [0.5, 0.6) is 0 Å². The standard InChI is InChI=1S/C9H16ClNOS/c1-3-11(9(12)7(2)10)8-4-5-13-6-8/h7-8H,3-6H2,1-2H3/t7-,8-/m1/s1. The highest BCUT2D eigenvalue weighted by atomic mass is 35.5. The first-order valence-electron chi connectivity index (χ1n) is 4.69. The van der Waals surface area contributed by atoms with Crippen LogP contribution in [0.3, 0.4) is 0 Å². The first kappa shape index (κ1) is 11.2. The van der Waals surface area contributed by atoms with Gasteiger partial charge in [-0.1, -0.05) is 0 Å². The molecular formula is C9H16ClNOS. The lowest BCUT2D eigenvalue weighted by atomic mass is 10.2. The average Bonchev–Trinajstić information content (AvgIpc) is 2.58. The highest BCUT2D eigenvalue weighted by Gasteiger charge is 2.27. The second-order valence-electron chi connectivity index (χ2n) is 3.26. The predicted octanol–water partition coefficient (Wildman–Crippen LogP) is 1.97. The van der Waals surface area contributed by atoms with Crippen LogP contribution >= 0.6 is 23.4 Å². The fraction of sp³-hybridized carbons (Fsp3) is 0.889. The van der Waals surface area contributed by atoms with Crippen LogP contribution in [0.4, 0.5) is 0 Å². The van der Waals surface area contributed by atoms with Gasteiger partial charge in [0, 0.05) is 18.3 Å². The highest BCUT2D eigenvalue weighted by molar-refractivity contribution is 7.99. The molecule has 0 radical (unpaired) electrons. The summed E-state index contributed by atoms with van der Waals surface area (Å²) in [5, 5.41) is -0.384. The van der Waals surface area contributed by atoms with E-state index in [0.29, 0.717) is 6.04 Å². The Morgan fingerprint density at radius 2 is 2.46 bits per heavy atom. The van der Waals surface area contributed by atoms with E-state index >= 15 is 0 Å². The molecule has 0 unspecified atom stereocenters. The second-order valence-corrected chi connectivity index (χ2v) is 5.06. The number of rotatable bonds is 3. The molecule has 0 saturated carbocycles. The molecule has 0 aromatic carbocycles. The van der Waals surface area contributed by atoms with Crippen molar-refractivity contribution in [1.29, 1.82) is 0 Å². The lowest BCUT2D eigenvalue weighted by Crippen LogP contribution is -2.43. The third-order valence-electron chi connectivity index (χ3n) is 2.31. The molecule has 1 rings (SSSR count). The molecule has 1 fully saturated rings. The number of hydrogen-bond donors (Lipinski definition) is 0. The monoisotopic (exact) mass is 221 g/mol. The van der Waals surface area contributed by atoms with Crippen LogP contribution in [0.1, 0.15) is 20.3 Å². The van der Waals surface area contributed by atoms with E-state index in [2.05, 4.69) is 0 Å². The number of halogens is 1. The van der Waals surface area contributed by atoms with Gasteiger partial charge in [0.05, 0.1) is 0 Å². The lowest BCUT2D eigenvalue weighted by molar-refractivity contribution is -0.132. The molecule has 4 heteroatoms. The van der Waals surface area contributed by atoms with E-state index in [-0.39, 0.29) is 11.3 Å². The van der Waals surface area contributed by atoms with E-state index in [1.165, 1.54) is 5.75 Å². The summed E-state index contributed by atoms with van der Waals surface area (Å²) in [5.74, 6) is 2.32. The van der Waals surface area contributed by atoms with E-state index in [4.69, 9.17) is 11.6 Å². The summed E-state index contributed by atoms with van der Waals surface area (Å²) in [5.41, 5.74) is 0. The Balaban J connectivity index is 2.55. The maximum absolute atomic E-state index is 11.6. The Bertz CT molecular complexity index is 180. The van der Waals surface area contributed by atoms with E-state index < -0.39 is 0 Å². The van der Waals surface area contributed by atoms with Crippen molar-refractivity contribution in [3.05, 3.63) is 0 Å². The van der Waals surface area contributed by atoms with Crippen LogP contribution in [-0.2, 0) is 4.79 Å². The van der Waals surface area contributed by atoms with Gasteiger partial charge < -0.3 is 4.90 Å². The topological polar surface area (TPSA) is 20.3 Å². The van der Waals surface area contributed by atoms with Crippen molar-refractivity contribution < 1.29 is 4.79 Å². The van der Waals surface area contributed by atoms with Gasteiger partial charge in [-0.3, -0.25) is 4.79 Å². The summed E-state index contributed by atoms with van der Waals surface area (Å²) in [6.07, 6.45) is 1.12. The molecule has 0 aromatic heterocycles. The van der Waals surface area contributed by atoms with Crippen molar-refractivity contribution in [3.63, 3.8) is 0 Å². The Hall–Kier alpha value is 0.110. The van der Waals surface area contributed by atoms with Gasteiger partial charge in [0.15, 0.2) is 0 Å². The molecule has 1 saturated heterocycles. The van der Waals surface area contributed by atoms with Crippen LogP contribution in [0.25, 0.3) is 0 Å². The Labute approximate surface area is 89.0 Å². The number of alkyl halides is 1. The molecule has 1 aliphatic heterocycles. The second kappa shape index (κ2) is 5.11. The summed E-state index contributed by atoms with van der Waals surface area (Å²) in [6.45, 7) is 4.54. The highest BCUT2D eigenvalue weighted by Crippen LogP contribution is 2.23. The average molecular weight is 222 g/mol. The smallest absolute Gasteiger partial charge is 0.240 e. The first-order valence-corrected chi connectivity index (χ1v) is 6.28. The number of hydrogen-bond acceptors (Lipinski definition) is 2. The van der Waals surface area contributed by atoms with Gasteiger partial charge in [-0.2, -0.15) is 11.8 Å². The van der Waals surface area contributed by atoms with Crippen molar-refractivity contribution in [2.45, 2.75) is 31.7 Å². The zero-order valence-corrected chi connectivity index (χ0v) is 9.70. The fourth-order valence-electron chi connectivity index (χ4n) is 1.59. The van der Waals surface area contributed by atoms with Gasteiger partial charge in [-0.25, -0.2) is 0 Å². The minimum atomic E-state index is -0.384. The van der Waals surface area contributed by atoms with Crippen molar-refractivity contribution in [2.24, 2.45) is 0 Å². The van der Waals surface area contributed by atoms with Crippen molar-refractivity contribution >= 4 is 29.3 Å². The van der Waals surface area contributed by atoms with E-state index in [0.717, 1.165) is 18.7 Å². The molecule has 0 bridgehead atoms. The molecule has 0 aromatic rings. The summed E-state index contributed by atoms with van der Waals surface area (Å²) >= 11 is 7.70. The quantitative estimate of drug-likeness (QED) is 0.680. The Morgan fingerprint density at radius 1 is 1.77 bits per heavy atom. The van der Waals surface area contributed by atoms with Crippen LogP contribution < -0.4 is 0 Å².